The molecule has 3 rings (SSSR count). The first-order valence-corrected chi connectivity index (χ1v) is 5.98. The van der Waals surface area contributed by atoms with E-state index in [2.05, 4.69) is 0 Å². The molecule has 0 N–H and O–H groups in total. The van der Waals surface area contributed by atoms with Gasteiger partial charge in [0.1, 0.15) is 5.56 Å². The van der Waals surface area contributed by atoms with Gasteiger partial charge in [0.05, 0.1) is 10.4 Å². The number of nitro groups is 1. The minimum Gasteiger partial charge on any atom is -0.407 e. The topological polar surface area (TPSA) is 95.3 Å². The maximum atomic E-state index is 12.5. The van der Waals surface area contributed by atoms with Crippen LogP contribution in [0, 0.1) is 10.1 Å². The predicted octanol–water partition coefficient (Wildman–Crippen LogP) is 2.19. The second-order valence-electron chi connectivity index (χ2n) is 4.25. The summed E-state index contributed by atoms with van der Waals surface area (Å²) in [5, 5.41) is 11.0. The number of nitrogens with zero attached hydrogens (tertiary/aromatic N) is 2. The molecule has 0 saturated heterocycles. The van der Waals surface area contributed by atoms with Crippen molar-refractivity contribution in [2.75, 3.05) is 0 Å². The lowest BCUT2D eigenvalue weighted by atomic mass is 10.1. The smallest absolute Gasteiger partial charge is 0.407 e. The fourth-order valence-electron chi connectivity index (χ4n) is 2.09. The van der Waals surface area contributed by atoms with Gasteiger partial charge in [-0.25, -0.2) is 9.36 Å². The van der Waals surface area contributed by atoms with E-state index in [1.807, 2.05) is 0 Å². The average Bonchev–Trinajstić information content (AvgIpc) is 2.82. The largest absolute Gasteiger partial charge is 0.427 e. The van der Waals surface area contributed by atoms with Crippen molar-refractivity contribution in [1.82, 2.24) is 4.57 Å². The summed E-state index contributed by atoms with van der Waals surface area (Å²) in [4.78, 5) is 34.6. The van der Waals surface area contributed by atoms with Crippen LogP contribution in [0.2, 0.25) is 0 Å². The molecule has 0 fully saturated rings. The Morgan fingerprint density at radius 3 is 2.52 bits per heavy atom. The number of aromatic nitrogens is 1. The molecule has 7 heteroatoms. The first-order valence-electron chi connectivity index (χ1n) is 5.98. The Kier molecular flexibility index (Phi) is 2.87. The Hall–Kier alpha value is -3.22. The molecular formula is C14H8N2O5. The van der Waals surface area contributed by atoms with Gasteiger partial charge in [-0.15, -0.1) is 0 Å². The van der Waals surface area contributed by atoms with Gasteiger partial charge in [0.25, 0.3) is 11.6 Å². The number of para-hydroxylation sites is 3. The highest BCUT2D eigenvalue weighted by Crippen LogP contribution is 2.20. The molecule has 0 saturated carbocycles. The van der Waals surface area contributed by atoms with Crippen LogP contribution in [-0.4, -0.2) is 15.4 Å². The van der Waals surface area contributed by atoms with E-state index >= 15 is 0 Å². The number of hydrogen-bond donors (Lipinski definition) is 0. The van der Waals surface area contributed by atoms with Crippen LogP contribution in [0.3, 0.4) is 0 Å². The van der Waals surface area contributed by atoms with E-state index in [4.69, 9.17) is 4.42 Å². The van der Waals surface area contributed by atoms with Crippen LogP contribution in [0.25, 0.3) is 11.1 Å². The number of nitro benzene ring substituents is 1. The molecule has 104 valence electrons. The third kappa shape index (κ3) is 2.00. The Balaban J connectivity index is 2.25. The molecule has 0 amide bonds. The molecule has 2 aromatic carbocycles. The van der Waals surface area contributed by atoms with Gasteiger partial charge in [-0.3, -0.25) is 14.9 Å². The summed E-state index contributed by atoms with van der Waals surface area (Å²) in [5.74, 6) is -1.67. The molecule has 0 radical (unpaired) electrons. The van der Waals surface area contributed by atoms with Crippen molar-refractivity contribution in [3.63, 3.8) is 0 Å². The number of carbonyl (C=O) groups is 1. The second kappa shape index (κ2) is 4.71. The molecule has 7 nitrogen and oxygen atoms in total. The van der Waals surface area contributed by atoms with Crippen LogP contribution in [0.1, 0.15) is 10.4 Å². The Morgan fingerprint density at radius 2 is 1.76 bits per heavy atom. The van der Waals surface area contributed by atoms with E-state index < -0.39 is 16.6 Å². The molecule has 1 aromatic heterocycles. The van der Waals surface area contributed by atoms with E-state index in [9.17, 15) is 19.7 Å². The van der Waals surface area contributed by atoms with Crippen molar-refractivity contribution < 1.29 is 14.1 Å². The molecule has 3 aromatic rings. The first kappa shape index (κ1) is 12.8. The monoisotopic (exact) mass is 284 g/mol. The van der Waals surface area contributed by atoms with Crippen molar-refractivity contribution >= 4 is 22.7 Å². The molecule has 0 spiro atoms. The zero-order chi connectivity index (χ0) is 15.0. The molecular weight excluding hydrogens is 276 g/mol. The number of rotatable bonds is 2. The van der Waals surface area contributed by atoms with E-state index in [-0.39, 0.29) is 22.4 Å². The van der Waals surface area contributed by atoms with E-state index in [0.717, 1.165) is 4.57 Å². The average molecular weight is 284 g/mol. The summed E-state index contributed by atoms with van der Waals surface area (Å²) in [7, 11) is 0. The number of carbonyl (C=O) groups excluding carboxylic acids is 1. The van der Waals surface area contributed by atoms with Crippen LogP contribution in [0.5, 0.6) is 0 Å². The number of oxazole rings is 1. The lowest BCUT2D eigenvalue weighted by Crippen LogP contribution is -2.23. The minimum absolute atomic E-state index is 0.170. The quantitative estimate of drug-likeness (QED) is 0.531. The van der Waals surface area contributed by atoms with Crippen molar-refractivity contribution in [1.29, 1.82) is 0 Å². The van der Waals surface area contributed by atoms with Crippen molar-refractivity contribution in [2.24, 2.45) is 0 Å². The van der Waals surface area contributed by atoms with Gasteiger partial charge in [0, 0.05) is 6.07 Å². The number of hydrogen-bond acceptors (Lipinski definition) is 5. The normalized spacial score (nSPS) is 10.7. The van der Waals surface area contributed by atoms with Crippen molar-refractivity contribution in [3.8, 4) is 0 Å². The molecule has 0 bridgehead atoms. The van der Waals surface area contributed by atoms with Gasteiger partial charge < -0.3 is 4.42 Å². The van der Waals surface area contributed by atoms with Gasteiger partial charge in [-0.1, -0.05) is 24.3 Å². The van der Waals surface area contributed by atoms with Crippen LogP contribution < -0.4 is 5.76 Å². The third-order valence-electron chi connectivity index (χ3n) is 3.02. The third-order valence-corrected chi connectivity index (χ3v) is 3.02. The fourth-order valence-corrected chi connectivity index (χ4v) is 2.09. The maximum absolute atomic E-state index is 12.5. The summed E-state index contributed by atoms with van der Waals surface area (Å²) in [6, 6.07) is 11.8. The molecule has 1 heterocycles. The molecule has 0 aliphatic rings. The Morgan fingerprint density at radius 1 is 1.10 bits per heavy atom. The Labute approximate surface area is 117 Å². The highest BCUT2D eigenvalue weighted by Gasteiger charge is 2.24. The molecule has 0 aliphatic carbocycles. The van der Waals surface area contributed by atoms with Crippen LogP contribution in [0.4, 0.5) is 5.69 Å². The highest BCUT2D eigenvalue weighted by molar-refractivity contribution is 6.03. The van der Waals surface area contributed by atoms with Crippen molar-refractivity contribution in [3.05, 3.63) is 74.8 Å². The molecule has 0 unspecified atom stereocenters. The van der Waals surface area contributed by atoms with E-state index in [0.29, 0.717) is 0 Å². The zero-order valence-corrected chi connectivity index (χ0v) is 10.6. The van der Waals surface area contributed by atoms with Gasteiger partial charge >= 0.3 is 5.76 Å². The predicted molar refractivity (Wildman–Crippen MR) is 73.3 cm³/mol. The SMILES string of the molecule is O=C(c1ccccc1[N+](=O)[O-])n1c(=O)oc2ccccc21. The van der Waals surface area contributed by atoms with Crippen molar-refractivity contribution in [2.45, 2.75) is 0 Å². The number of benzene rings is 2. The molecule has 0 atom stereocenters. The summed E-state index contributed by atoms with van der Waals surface area (Å²) >= 11 is 0. The zero-order valence-electron chi connectivity index (χ0n) is 10.6. The highest BCUT2D eigenvalue weighted by atomic mass is 16.6. The van der Waals surface area contributed by atoms with E-state index in [1.54, 1.807) is 18.2 Å². The molecule has 0 aliphatic heterocycles. The lowest BCUT2D eigenvalue weighted by Gasteiger charge is -2.02. The lowest BCUT2D eigenvalue weighted by molar-refractivity contribution is -0.385. The standard InChI is InChI=1S/C14H8N2O5/c17-13(9-5-1-2-6-10(9)16(19)20)15-11-7-3-4-8-12(11)21-14(15)18/h1-8H. The van der Waals surface area contributed by atoms with Gasteiger partial charge in [0.2, 0.25) is 0 Å². The van der Waals surface area contributed by atoms with Gasteiger partial charge in [0.15, 0.2) is 5.58 Å². The summed E-state index contributed by atoms with van der Waals surface area (Å²) in [6.45, 7) is 0. The van der Waals surface area contributed by atoms with Gasteiger partial charge in [-0.05, 0) is 18.2 Å². The summed E-state index contributed by atoms with van der Waals surface area (Å²) < 4.78 is 5.75. The number of fused-ring (bicyclic) bond motifs is 1. The maximum Gasteiger partial charge on any atom is 0.427 e. The van der Waals surface area contributed by atoms with Crippen LogP contribution >= 0.6 is 0 Å². The molecule has 21 heavy (non-hydrogen) atoms. The Bertz CT molecular complexity index is 922. The van der Waals surface area contributed by atoms with Gasteiger partial charge in [-0.2, -0.15) is 0 Å². The second-order valence-corrected chi connectivity index (χ2v) is 4.25. The van der Waals surface area contributed by atoms with Crippen LogP contribution in [0.15, 0.2) is 57.7 Å². The minimum atomic E-state index is -0.876. The first-order chi connectivity index (χ1) is 10.1. The summed E-state index contributed by atoms with van der Waals surface area (Å²) in [6.07, 6.45) is 0. The van der Waals surface area contributed by atoms with E-state index in [1.165, 1.54) is 30.3 Å². The fraction of sp³-hybridized carbons (Fsp3) is 0. The summed E-state index contributed by atoms with van der Waals surface area (Å²) in [5.41, 5.74) is -0.0177. The van der Waals surface area contributed by atoms with Crippen LogP contribution in [-0.2, 0) is 0 Å².